The number of hydrogen-bond acceptors (Lipinski definition) is 6. The Labute approximate surface area is 239 Å². The number of halogens is 1. The highest BCUT2D eigenvalue weighted by molar-refractivity contribution is 9.10. The SMILES string of the molecule is COCCN1CCC(c2ccc(Nc3ncc(Br)c(CCc4cccc5c4C(C)(C)C(=O)N5)n3)c(C)c2)CC1. The highest BCUT2D eigenvalue weighted by Crippen LogP contribution is 2.40. The molecule has 39 heavy (non-hydrogen) atoms. The number of piperidine rings is 1. The quantitative estimate of drug-likeness (QED) is 0.311. The molecule has 0 spiro atoms. The molecule has 8 heteroatoms. The highest BCUT2D eigenvalue weighted by Gasteiger charge is 2.39. The summed E-state index contributed by atoms with van der Waals surface area (Å²) in [6.07, 6.45) is 5.70. The second kappa shape index (κ2) is 11.7. The Morgan fingerprint density at radius 3 is 2.72 bits per heavy atom. The third-order valence-electron chi connectivity index (χ3n) is 8.21. The van der Waals surface area contributed by atoms with Crippen molar-refractivity contribution in [2.45, 2.75) is 57.8 Å². The van der Waals surface area contributed by atoms with Crippen LogP contribution in [-0.4, -0.2) is 54.1 Å². The number of nitrogens with one attached hydrogen (secondary N) is 2. The number of rotatable bonds is 9. The summed E-state index contributed by atoms with van der Waals surface area (Å²) < 4.78 is 6.12. The zero-order valence-electron chi connectivity index (χ0n) is 23.3. The van der Waals surface area contributed by atoms with Gasteiger partial charge in [-0.1, -0.05) is 24.3 Å². The van der Waals surface area contributed by atoms with Crippen LogP contribution < -0.4 is 10.6 Å². The first-order valence-corrected chi connectivity index (χ1v) is 14.6. The second-order valence-electron chi connectivity index (χ2n) is 11.2. The van der Waals surface area contributed by atoms with Crippen LogP contribution in [0, 0.1) is 6.92 Å². The molecule has 1 saturated heterocycles. The van der Waals surface area contributed by atoms with Crippen molar-refractivity contribution in [2.24, 2.45) is 0 Å². The minimum Gasteiger partial charge on any atom is -0.383 e. The number of amides is 1. The van der Waals surface area contributed by atoms with E-state index in [9.17, 15) is 4.79 Å². The van der Waals surface area contributed by atoms with Crippen LogP contribution in [-0.2, 0) is 27.8 Å². The van der Waals surface area contributed by atoms with Crippen molar-refractivity contribution >= 4 is 39.2 Å². The molecule has 2 aromatic carbocycles. The number of likely N-dealkylation sites (tertiary alicyclic amines) is 1. The van der Waals surface area contributed by atoms with Crippen LogP contribution in [0.2, 0.25) is 0 Å². The lowest BCUT2D eigenvalue weighted by Gasteiger charge is -2.32. The maximum atomic E-state index is 12.5. The molecule has 0 saturated carbocycles. The largest absolute Gasteiger partial charge is 0.383 e. The predicted molar refractivity (Wildman–Crippen MR) is 160 cm³/mol. The Balaban J connectivity index is 1.25. The van der Waals surface area contributed by atoms with Crippen molar-refractivity contribution in [3.8, 4) is 0 Å². The normalized spacial score (nSPS) is 17.2. The van der Waals surface area contributed by atoms with Gasteiger partial charge in [-0.15, -0.1) is 0 Å². The molecule has 0 aliphatic carbocycles. The van der Waals surface area contributed by atoms with Gasteiger partial charge in [-0.25, -0.2) is 9.97 Å². The molecular formula is C31H38BrN5O2. The van der Waals surface area contributed by atoms with Gasteiger partial charge in [0, 0.05) is 31.2 Å². The lowest BCUT2D eigenvalue weighted by molar-refractivity contribution is -0.119. The van der Waals surface area contributed by atoms with Gasteiger partial charge >= 0.3 is 0 Å². The number of methoxy groups -OCH3 is 1. The predicted octanol–water partition coefficient (Wildman–Crippen LogP) is 6.13. The standard InChI is InChI=1S/C31H38BrN5O2/c1-20-18-23(21-12-14-37(15-13-21)16-17-39-4)9-10-25(20)35-30-33-19-24(32)26(36-30)11-8-22-6-5-7-27-28(22)31(2,3)29(38)34-27/h5-7,9-10,18-19,21H,8,11-17H2,1-4H3,(H,34,38)(H,33,35,36). The number of carbonyl (C=O) groups is 1. The lowest BCUT2D eigenvalue weighted by Crippen LogP contribution is -2.35. The maximum absolute atomic E-state index is 12.5. The molecule has 1 fully saturated rings. The van der Waals surface area contributed by atoms with Crippen LogP contribution in [0.4, 0.5) is 17.3 Å². The van der Waals surface area contributed by atoms with E-state index >= 15 is 0 Å². The van der Waals surface area contributed by atoms with E-state index in [0.29, 0.717) is 11.9 Å². The first-order valence-electron chi connectivity index (χ1n) is 13.8. The van der Waals surface area contributed by atoms with Crippen molar-refractivity contribution in [1.29, 1.82) is 0 Å². The zero-order chi connectivity index (χ0) is 27.6. The number of nitrogens with zero attached hydrogens (tertiary/aromatic N) is 3. The fourth-order valence-electron chi connectivity index (χ4n) is 5.85. The summed E-state index contributed by atoms with van der Waals surface area (Å²) in [6.45, 7) is 10.2. The van der Waals surface area contributed by atoms with Crippen molar-refractivity contribution in [2.75, 3.05) is 44.0 Å². The van der Waals surface area contributed by atoms with Gasteiger partial charge in [0.25, 0.3) is 0 Å². The van der Waals surface area contributed by atoms with Gasteiger partial charge < -0.3 is 20.3 Å². The van der Waals surface area contributed by atoms with Gasteiger partial charge in [-0.05, 0) is 116 Å². The van der Waals surface area contributed by atoms with Crippen molar-refractivity contribution < 1.29 is 9.53 Å². The molecule has 3 heterocycles. The van der Waals surface area contributed by atoms with E-state index in [2.05, 4.69) is 67.6 Å². The maximum Gasteiger partial charge on any atom is 0.234 e. The second-order valence-corrected chi connectivity index (χ2v) is 12.1. The molecule has 0 bridgehead atoms. The molecule has 0 unspecified atom stereocenters. The van der Waals surface area contributed by atoms with Gasteiger partial charge in [0.05, 0.1) is 22.2 Å². The van der Waals surface area contributed by atoms with Crippen molar-refractivity contribution in [1.82, 2.24) is 14.9 Å². The van der Waals surface area contributed by atoms with Crippen LogP contribution in [0.5, 0.6) is 0 Å². The van der Waals surface area contributed by atoms with Crippen molar-refractivity contribution in [3.05, 3.63) is 75.0 Å². The molecule has 206 valence electrons. The summed E-state index contributed by atoms with van der Waals surface area (Å²) in [5.74, 6) is 1.24. The first kappa shape index (κ1) is 27.7. The summed E-state index contributed by atoms with van der Waals surface area (Å²) in [7, 11) is 1.77. The number of fused-ring (bicyclic) bond motifs is 1. The first-order chi connectivity index (χ1) is 18.8. The number of anilines is 3. The summed E-state index contributed by atoms with van der Waals surface area (Å²) in [5.41, 5.74) is 7.22. The molecular weight excluding hydrogens is 554 g/mol. The van der Waals surface area contributed by atoms with Gasteiger partial charge in [0.15, 0.2) is 0 Å². The smallest absolute Gasteiger partial charge is 0.234 e. The van der Waals surface area contributed by atoms with Gasteiger partial charge in [-0.2, -0.15) is 0 Å². The summed E-state index contributed by atoms with van der Waals surface area (Å²) in [5, 5.41) is 6.46. The Morgan fingerprint density at radius 1 is 1.18 bits per heavy atom. The number of benzene rings is 2. The average molecular weight is 593 g/mol. The monoisotopic (exact) mass is 591 g/mol. The Hall–Kier alpha value is -2.81. The molecule has 0 atom stereocenters. The Bertz CT molecular complexity index is 1350. The molecule has 7 nitrogen and oxygen atoms in total. The van der Waals surface area contributed by atoms with E-state index < -0.39 is 5.41 Å². The van der Waals surface area contributed by atoms with E-state index in [4.69, 9.17) is 9.72 Å². The zero-order valence-corrected chi connectivity index (χ0v) is 24.9. The van der Waals surface area contributed by atoms with Crippen LogP contribution in [0.3, 0.4) is 0 Å². The van der Waals surface area contributed by atoms with Crippen molar-refractivity contribution in [3.63, 3.8) is 0 Å². The number of aryl methyl sites for hydroxylation is 3. The third-order valence-corrected chi connectivity index (χ3v) is 8.87. The molecule has 0 radical (unpaired) electrons. The number of carbonyl (C=O) groups excluding carboxylic acids is 1. The molecule has 2 N–H and O–H groups in total. The highest BCUT2D eigenvalue weighted by atomic mass is 79.9. The minimum absolute atomic E-state index is 0.0496. The Morgan fingerprint density at radius 2 is 1.97 bits per heavy atom. The fourth-order valence-corrected chi connectivity index (χ4v) is 6.23. The van der Waals surface area contributed by atoms with Crippen LogP contribution in [0.1, 0.15) is 60.6 Å². The van der Waals surface area contributed by atoms with E-state index in [-0.39, 0.29) is 5.91 Å². The van der Waals surface area contributed by atoms with Crippen LogP contribution >= 0.6 is 15.9 Å². The minimum atomic E-state index is -0.535. The molecule has 2 aliphatic rings. The average Bonchev–Trinajstić information content (AvgIpc) is 3.17. The topological polar surface area (TPSA) is 79.4 Å². The fraction of sp³-hybridized carbons (Fsp3) is 0.452. The van der Waals surface area contributed by atoms with E-state index in [1.807, 2.05) is 32.2 Å². The third kappa shape index (κ3) is 6.03. The number of hydrogen-bond donors (Lipinski definition) is 2. The molecule has 5 rings (SSSR count). The lowest BCUT2D eigenvalue weighted by atomic mass is 9.82. The van der Waals surface area contributed by atoms with Gasteiger partial charge in [0.2, 0.25) is 11.9 Å². The molecule has 1 amide bonds. The van der Waals surface area contributed by atoms with Gasteiger partial charge in [-0.3, -0.25) is 4.79 Å². The molecule has 2 aliphatic heterocycles. The summed E-state index contributed by atoms with van der Waals surface area (Å²) in [4.78, 5) is 24.4. The van der Waals surface area contributed by atoms with E-state index in [1.54, 1.807) is 7.11 Å². The van der Waals surface area contributed by atoms with E-state index in [0.717, 1.165) is 66.2 Å². The molecule has 1 aromatic heterocycles. The van der Waals surface area contributed by atoms with E-state index in [1.165, 1.54) is 29.5 Å². The summed E-state index contributed by atoms with van der Waals surface area (Å²) in [6, 6.07) is 12.8. The van der Waals surface area contributed by atoms with Crippen LogP contribution in [0.25, 0.3) is 0 Å². The number of aromatic nitrogens is 2. The van der Waals surface area contributed by atoms with Crippen LogP contribution in [0.15, 0.2) is 47.1 Å². The Kier molecular flexibility index (Phi) is 8.35. The number of ether oxygens (including phenoxy) is 1. The summed E-state index contributed by atoms with van der Waals surface area (Å²) >= 11 is 3.64. The van der Waals surface area contributed by atoms with Gasteiger partial charge in [0.1, 0.15) is 0 Å². The molecule has 3 aromatic rings.